The maximum absolute atomic E-state index is 12.5. The summed E-state index contributed by atoms with van der Waals surface area (Å²) in [5.41, 5.74) is 1.78. The molecule has 0 spiro atoms. The minimum Gasteiger partial charge on any atom is -0.356 e. The third kappa shape index (κ3) is 5.45. The first-order valence-corrected chi connectivity index (χ1v) is 10.3. The average molecular weight is 412 g/mol. The Labute approximate surface area is 175 Å². The number of amides is 1. The lowest BCUT2D eigenvalue weighted by atomic mass is 9.86. The van der Waals surface area contributed by atoms with E-state index in [0.29, 0.717) is 35.8 Å². The highest BCUT2D eigenvalue weighted by molar-refractivity contribution is 6.30. The van der Waals surface area contributed by atoms with E-state index >= 15 is 0 Å². The van der Waals surface area contributed by atoms with Gasteiger partial charge in [0, 0.05) is 24.5 Å². The molecule has 0 radical (unpaired) electrons. The second kappa shape index (κ2) is 9.70. The van der Waals surface area contributed by atoms with Gasteiger partial charge in [-0.15, -0.1) is 0 Å². The molecule has 1 aromatic heterocycles. The molecule has 0 bridgehead atoms. The summed E-state index contributed by atoms with van der Waals surface area (Å²) in [4.78, 5) is 29.0. The third-order valence-corrected chi connectivity index (χ3v) is 5.44. The van der Waals surface area contributed by atoms with Gasteiger partial charge in [0.2, 0.25) is 5.91 Å². The Morgan fingerprint density at radius 3 is 2.59 bits per heavy atom. The number of halogens is 1. The zero-order chi connectivity index (χ0) is 20.8. The molecule has 0 aliphatic carbocycles. The Kier molecular flexibility index (Phi) is 7.04. The first-order valence-electron chi connectivity index (χ1n) is 9.92. The van der Waals surface area contributed by atoms with Gasteiger partial charge in [0.1, 0.15) is 0 Å². The molecule has 0 saturated carbocycles. The van der Waals surface area contributed by atoms with Crippen LogP contribution in [0.5, 0.6) is 0 Å². The molecule has 0 unspecified atom stereocenters. The highest BCUT2D eigenvalue weighted by Crippen LogP contribution is 2.28. The van der Waals surface area contributed by atoms with Crippen LogP contribution in [0.2, 0.25) is 5.02 Å². The van der Waals surface area contributed by atoms with E-state index in [1.54, 1.807) is 12.1 Å². The van der Waals surface area contributed by atoms with Gasteiger partial charge in [-0.1, -0.05) is 49.7 Å². The highest BCUT2D eigenvalue weighted by Gasteiger charge is 2.16. The van der Waals surface area contributed by atoms with Gasteiger partial charge in [-0.3, -0.25) is 14.2 Å². The van der Waals surface area contributed by atoms with Crippen molar-refractivity contribution in [1.29, 1.82) is 0 Å². The lowest BCUT2D eigenvalue weighted by Gasteiger charge is -2.21. The topological polar surface area (TPSA) is 64.0 Å². The van der Waals surface area contributed by atoms with Crippen molar-refractivity contribution < 1.29 is 4.79 Å². The molecule has 3 rings (SSSR count). The molecule has 3 aromatic rings. The molecule has 0 aliphatic heterocycles. The number of hydrogen-bond donors (Lipinski definition) is 1. The summed E-state index contributed by atoms with van der Waals surface area (Å²) < 4.78 is 1.49. The Hall–Kier alpha value is -2.66. The predicted molar refractivity (Wildman–Crippen MR) is 117 cm³/mol. The van der Waals surface area contributed by atoms with E-state index in [0.717, 1.165) is 11.4 Å². The van der Waals surface area contributed by atoms with Crippen LogP contribution in [0.15, 0.2) is 59.7 Å². The SMILES string of the molecule is CC(C)[C@@H](CCNC(=O)CCn1cnc2ccccc2c1=O)c1ccc(Cl)cc1. The van der Waals surface area contributed by atoms with Crippen LogP contribution >= 0.6 is 11.6 Å². The molecule has 6 heteroatoms. The van der Waals surface area contributed by atoms with Crippen molar-refractivity contribution in [3.8, 4) is 0 Å². The maximum Gasteiger partial charge on any atom is 0.261 e. The van der Waals surface area contributed by atoms with Crippen molar-refractivity contribution >= 4 is 28.4 Å². The Bertz CT molecular complexity index is 1030. The van der Waals surface area contributed by atoms with E-state index in [1.807, 2.05) is 36.4 Å². The smallest absolute Gasteiger partial charge is 0.261 e. The number of aryl methyl sites for hydroxylation is 1. The van der Waals surface area contributed by atoms with Crippen molar-refractivity contribution in [2.45, 2.75) is 39.2 Å². The van der Waals surface area contributed by atoms with Crippen LogP contribution in [0.1, 0.15) is 38.2 Å². The van der Waals surface area contributed by atoms with E-state index in [9.17, 15) is 9.59 Å². The molecule has 0 fully saturated rings. The first kappa shape index (κ1) is 21.1. The van der Waals surface area contributed by atoms with E-state index < -0.39 is 0 Å². The number of para-hydroxylation sites is 1. The number of carbonyl (C=O) groups excluding carboxylic acids is 1. The molecule has 1 N–H and O–H groups in total. The molecule has 29 heavy (non-hydrogen) atoms. The zero-order valence-corrected chi connectivity index (χ0v) is 17.5. The maximum atomic E-state index is 12.5. The fraction of sp³-hybridized carbons (Fsp3) is 0.348. The van der Waals surface area contributed by atoms with Crippen LogP contribution < -0.4 is 10.9 Å². The fourth-order valence-corrected chi connectivity index (χ4v) is 3.66. The van der Waals surface area contributed by atoms with Crippen LogP contribution in [0.25, 0.3) is 10.9 Å². The van der Waals surface area contributed by atoms with Crippen molar-refractivity contribution in [1.82, 2.24) is 14.9 Å². The predicted octanol–water partition coefficient (Wildman–Crippen LogP) is 4.39. The van der Waals surface area contributed by atoms with Crippen LogP contribution in [0.3, 0.4) is 0 Å². The molecule has 1 heterocycles. The standard InChI is InChI=1S/C23H26ClN3O2/c1-16(2)19(17-7-9-18(24)10-8-17)11-13-25-22(28)12-14-27-15-26-21-6-4-3-5-20(21)23(27)29/h3-10,15-16,19H,11-14H2,1-2H3,(H,25,28)/t19-/m1/s1. The van der Waals surface area contributed by atoms with Gasteiger partial charge in [-0.2, -0.15) is 0 Å². The van der Waals surface area contributed by atoms with Gasteiger partial charge in [0.25, 0.3) is 5.56 Å². The lowest BCUT2D eigenvalue weighted by Crippen LogP contribution is -2.29. The monoisotopic (exact) mass is 411 g/mol. The van der Waals surface area contributed by atoms with E-state index in [1.165, 1.54) is 16.5 Å². The summed E-state index contributed by atoms with van der Waals surface area (Å²) in [6.07, 6.45) is 2.60. The van der Waals surface area contributed by atoms with Crippen molar-refractivity contribution in [3.05, 3.63) is 75.8 Å². The van der Waals surface area contributed by atoms with E-state index in [2.05, 4.69) is 24.1 Å². The molecular weight excluding hydrogens is 386 g/mol. The number of rotatable bonds is 8. The summed E-state index contributed by atoms with van der Waals surface area (Å²) in [7, 11) is 0. The van der Waals surface area contributed by atoms with E-state index in [-0.39, 0.29) is 17.9 Å². The largest absolute Gasteiger partial charge is 0.356 e. The molecule has 0 saturated heterocycles. The van der Waals surface area contributed by atoms with E-state index in [4.69, 9.17) is 11.6 Å². The first-order chi connectivity index (χ1) is 14.0. The summed E-state index contributed by atoms with van der Waals surface area (Å²) in [6, 6.07) is 15.1. The normalized spacial score (nSPS) is 12.3. The summed E-state index contributed by atoms with van der Waals surface area (Å²) in [6.45, 7) is 5.27. The third-order valence-electron chi connectivity index (χ3n) is 5.19. The minimum absolute atomic E-state index is 0.0660. The fourth-order valence-electron chi connectivity index (χ4n) is 3.54. The number of hydrogen-bond acceptors (Lipinski definition) is 3. The van der Waals surface area contributed by atoms with Gasteiger partial charge >= 0.3 is 0 Å². The molecule has 152 valence electrons. The van der Waals surface area contributed by atoms with Crippen LogP contribution in [-0.2, 0) is 11.3 Å². The molecule has 5 nitrogen and oxygen atoms in total. The van der Waals surface area contributed by atoms with Crippen LogP contribution in [-0.4, -0.2) is 22.0 Å². The molecule has 1 amide bonds. The van der Waals surface area contributed by atoms with Crippen LogP contribution in [0, 0.1) is 5.92 Å². The lowest BCUT2D eigenvalue weighted by molar-refractivity contribution is -0.121. The van der Waals surface area contributed by atoms with Gasteiger partial charge < -0.3 is 5.32 Å². The molecule has 0 aliphatic rings. The number of benzene rings is 2. The van der Waals surface area contributed by atoms with Gasteiger partial charge in [-0.05, 0) is 48.1 Å². The van der Waals surface area contributed by atoms with Crippen molar-refractivity contribution in [2.75, 3.05) is 6.54 Å². The second-order valence-corrected chi connectivity index (χ2v) is 7.99. The second-order valence-electron chi connectivity index (χ2n) is 7.55. The quantitative estimate of drug-likeness (QED) is 0.598. The highest BCUT2D eigenvalue weighted by atomic mass is 35.5. The number of nitrogens with one attached hydrogen (secondary N) is 1. The number of fused-ring (bicyclic) bond motifs is 1. The minimum atomic E-state index is -0.119. The summed E-state index contributed by atoms with van der Waals surface area (Å²) >= 11 is 5.98. The van der Waals surface area contributed by atoms with Gasteiger partial charge in [0.05, 0.1) is 17.2 Å². The van der Waals surface area contributed by atoms with Gasteiger partial charge in [0.15, 0.2) is 0 Å². The number of nitrogens with zero attached hydrogens (tertiary/aromatic N) is 2. The molecule has 2 aromatic carbocycles. The molecular formula is C23H26ClN3O2. The Morgan fingerprint density at radius 1 is 1.14 bits per heavy atom. The summed E-state index contributed by atoms with van der Waals surface area (Å²) in [5, 5.41) is 4.27. The summed E-state index contributed by atoms with van der Waals surface area (Å²) in [5.74, 6) is 0.735. The zero-order valence-electron chi connectivity index (χ0n) is 16.8. The Balaban J connectivity index is 1.52. The number of aromatic nitrogens is 2. The number of carbonyl (C=O) groups is 1. The Morgan fingerprint density at radius 2 is 1.86 bits per heavy atom. The van der Waals surface area contributed by atoms with Gasteiger partial charge in [-0.25, -0.2) is 4.98 Å². The molecule has 1 atom stereocenters. The van der Waals surface area contributed by atoms with Crippen LogP contribution in [0.4, 0.5) is 0 Å². The average Bonchev–Trinajstić information content (AvgIpc) is 2.71. The van der Waals surface area contributed by atoms with Crippen molar-refractivity contribution in [3.63, 3.8) is 0 Å². The van der Waals surface area contributed by atoms with Crippen molar-refractivity contribution in [2.24, 2.45) is 5.92 Å².